The van der Waals surface area contributed by atoms with E-state index in [0.29, 0.717) is 62.0 Å². The molecule has 2 saturated heterocycles. The van der Waals surface area contributed by atoms with E-state index in [-0.39, 0.29) is 11.7 Å². The van der Waals surface area contributed by atoms with Crippen LogP contribution >= 0.6 is 0 Å². The molecular formula is C23H29FN2O4. The van der Waals surface area contributed by atoms with Gasteiger partial charge in [-0.05, 0) is 50.2 Å². The van der Waals surface area contributed by atoms with Gasteiger partial charge in [-0.1, -0.05) is 17.3 Å². The Bertz CT molecular complexity index is 841. The number of carbonyl (C=O) groups excluding carboxylic acids is 1. The van der Waals surface area contributed by atoms with Crippen LogP contribution in [0.5, 0.6) is 0 Å². The summed E-state index contributed by atoms with van der Waals surface area (Å²) in [5, 5.41) is 7.16. The lowest BCUT2D eigenvalue weighted by molar-refractivity contribution is -0.137. The number of hydrogen-bond acceptors (Lipinski definition) is 5. The molecule has 1 amide bonds. The summed E-state index contributed by atoms with van der Waals surface area (Å²) in [6, 6.07) is 8.21. The van der Waals surface area contributed by atoms with Crippen molar-refractivity contribution in [3.05, 3.63) is 41.9 Å². The van der Waals surface area contributed by atoms with Crippen LogP contribution in [0.3, 0.4) is 0 Å². The van der Waals surface area contributed by atoms with E-state index in [4.69, 9.17) is 14.0 Å². The number of nitrogens with zero attached hydrogens (tertiary/aromatic N) is 1. The van der Waals surface area contributed by atoms with Gasteiger partial charge >= 0.3 is 0 Å². The zero-order valence-electron chi connectivity index (χ0n) is 17.2. The Balaban J connectivity index is 1.39. The lowest BCUT2D eigenvalue weighted by atomic mass is 9.75. The van der Waals surface area contributed by atoms with Gasteiger partial charge in [0.2, 0.25) is 5.91 Å². The SMILES string of the molecule is O=C(NCCCC1CCOC1)C1(Cc2cc(-c3ccccc3F)no2)CCOCC1. The van der Waals surface area contributed by atoms with Gasteiger partial charge in [-0.15, -0.1) is 0 Å². The lowest BCUT2D eigenvalue weighted by Crippen LogP contribution is -2.46. The van der Waals surface area contributed by atoms with Crippen molar-refractivity contribution >= 4 is 5.91 Å². The summed E-state index contributed by atoms with van der Waals surface area (Å²) in [4.78, 5) is 13.1. The molecule has 0 saturated carbocycles. The second kappa shape index (κ2) is 9.71. The highest BCUT2D eigenvalue weighted by atomic mass is 19.1. The fraction of sp³-hybridized carbons (Fsp3) is 0.565. The number of rotatable bonds is 8. The first-order valence-corrected chi connectivity index (χ1v) is 10.8. The van der Waals surface area contributed by atoms with Gasteiger partial charge in [-0.3, -0.25) is 4.79 Å². The summed E-state index contributed by atoms with van der Waals surface area (Å²) in [7, 11) is 0. The van der Waals surface area contributed by atoms with Gasteiger partial charge in [0, 0.05) is 51.0 Å². The second-order valence-electron chi connectivity index (χ2n) is 8.36. The van der Waals surface area contributed by atoms with E-state index in [1.165, 1.54) is 6.07 Å². The summed E-state index contributed by atoms with van der Waals surface area (Å²) in [5.41, 5.74) is 0.263. The van der Waals surface area contributed by atoms with Crippen LogP contribution in [0.2, 0.25) is 0 Å². The zero-order chi connectivity index (χ0) is 20.8. The van der Waals surface area contributed by atoms with Crippen molar-refractivity contribution in [1.29, 1.82) is 0 Å². The van der Waals surface area contributed by atoms with Gasteiger partial charge in [0.05, 0.1) is 5.41 Å². The number of ether oxygens (including phenoxy) is 2. The molecule has 2 fully saturated rings. The minimum Gasteiger partial charge on any atom is -0.381 e. The van der Waals surface area contributed by atoms with Crippen LogP contribution in [0.15, 0.2) is 34.9 Å². The topological polar surface area (TPSA) is 73.6 Å². The van der Waals surface area contributed by atoms with Crippen LogP contribution in [0.1, 0.15) is 37.9 Å². The van der Waals surface area contributed by atoms with Crippen LogP contribution in [0.25, 0.3) is 11.3 Å². The minimum atomic E-state index is -0.583. The van der Waals surface area contributed by atoms with Gasteiger partial charge in [0.25, 0.3) is 0 Å². The molecule has 1 aromatic heterocycles. The average Bonchev–Trinajstić information content (AvgIpc) is 3.44. The highest BCUT2D eigenvalue weighted by molar-refractivity contribution is 5.83. The van der Waals surface area contributed by atoms with Crippen LogP contribution in [-0.2, 0) is 20.7 Å². The third kappa shape index (κ3) is 4.90. The number of benzene rings is 1. The molecule has 2 aliphatic heterocycles. The van der Waals surface area contributed by atoms with Crippen molar-refractivity contribution in [2.75, 3.05) is 33.0 Å². The molecule has 6 nitrogen and oxygen atoms in total. The number of amides is 1. The van der Waals surface area contributed by atoms with Crippen molar-refractivity contribution in [3.8, 4) is 11.3 Å². The van der Waals surface area contributed by atoms with Gasteiger partial charge < -0.3 is 19.3 Å². The monoisotopic (exact) mass is 416 g/mol. The molecule has 162 valence electrons. The molecule has 7 heteroatoms. The summed E-state index contributed by atoms with van der Waals surface area (Å²) >= 11 is 0. The molecule has 0 spiro atoms. The lowest BCUT2D eigenvalue weighted by Gasteiger charge is -2.35. The minimum absolute atomic E-state index is 0.0392. The third-order valence-corrected chi connectivity index (χ3v) is 6.25. The Hall–Kier alpha value is -2.25. The van der Waals surface area contributed by atoms with E-state index < -0.39 is 5.41 Å². The van der Waals surface area contributed by atoms with Crippen LogP contribution in [0, 0.1) is 17.2 Å². The number of aromatic nitrogens is 1. The largest absolute Gasteiger partial charge is 0.381 e. The molecule has 1 atom stereocenters. The van der Waals surface area contributed by atoms with Crippen molar-refractivity contribution in [3.63, 3.8) is 0 Å². The quantitative estimate of drug-likeness (QED) is 0.664. The van der Waals surface area contributed by atoms with Gasteiger partial charge in [-0.2, -0.15) is 0 Å². The average molecular weight is 416 g/mol. The van der Waals surface area contributed by atoms with E-state index in [2.05, 4.69) is 10.5 Å². The molecule has 30 heavy (non-hydrogen) atoms. The van der Waals surface area contributed by atoms with Crippen LogP contribution in [0.4, 0.5) is 4.39 Å². The van der Waals surface area contributed by atoms with E-state index in [0.717, 1.165) is 32.5 Å². The summed E-state index contributed by atoms with van der Waals surface area (Å²) < 4.78 is 30.5. The maximum absolute atomic E-state index is 14.1. The molecule has 1 unspecified atom stereocenters. The normalized spacial score (nSPS) is 20.9. The molecule has 0 bridgehead atoms. The van der Waals surface area contributed by atoms with E-state index in [9.17, 15) is 9.18 Å². The van der Waals surface area contributed by atoms with Gasteiger partial charge in [-0.25, -0.2) is 4.39 Å². The van der Waals surface area contributed by atoms with Crippen LogP contribution in [-0.4, -0.2) is 44.0 Å². The predicted molar refractivity (Wildman–Crippen MR) is 109 cm³/mol. The maximum Gasteiger partial charge on any atom is 0.226 e. The Morgan fingerprint density at radius 2 is 2.03 bits per heavy atom. The van der Waals surface area contributed by atoms with E-state index in [1.54, 1.807) is 24.3 Å². The highest BCUT2D eigenvalue weighted by Crippen LogP contribution is 2.36. The smallest absolute Gasteiger partial charge is 0.226 e. The number of nitrogens with one attached hydrogen (secondary N) is 1. The Labute approximate surface area is 176 Å². The molecule has 0 radical (unpaired) electrons. The Morgan fingerprint density at radius 1 is 1.20 bits per heavy atom. The number of halogens is 1. The third-order valence-electron chi connectivity index (χ3n) is 6.25. The fourth-order valence-corrected chi connectivity index (χ4v) is 4.36. The van der Waals surface area contributed by atoms with Crippen molar-refractivity contribution in [1.82, 2.24) is 10.5 Å². The van der Waals surface area contributed by atoms with Crippen molar-refractivity contribution in [2.24, 2.45) is 11.3 Å². The molecule has 1 N–H and O–H groups in total. The first kappa shape index (κ1) is 21.0. The first-order valence-electron chi connectivity index (χ1n) is 10.8. The highest BCUT2D eigenvalue weighted by Gasteiger charge is 2.41. The molecule has 1 aromatic carbocycles. The second-order valence-corrected chi connectivity index (χ2v) is 8.36. The van der Waals surface area contributed by atoms with E-state index in [1.807, 2.05) is 0 Å². The summed E-state index contributed by atoms with van der Waals surface area (Å²) in [5.74, 6) is 0.902. The molecular weight excluding hydrogens is 387 g/mol. The molecule has 3 heterocycles. The zero-order valence-corrected chi connectivity index (χ0v) is 17.2. The first-order chi connectivity index (χ1) is 14.7. The molecule has 2 aliphatic rings. The predicted octanol–water partition coefficient (Wildman–Crippen LogP) is 3.75. The van der Waals surface area contributed by atoms with Crippen LogP contribution < -0.4 is 5.32 Å². The fourth-order valence-electron chi connectivity index (χ4n) is 4.36. The van der Waals surface area contributed by atoms with E-state index >= 15 is 0 Å². The number of carbonyl (C=O) groups is 1. The summed E-state index contributed by atoms with van der Waals surface area (Å²) in [6.07, 6.45) is 4.83. The Morgan fingerprint density at radius 3 is 2.80 bits per heavy atom. The summed E-state index contributed by atoms with van der Waals surface area (Å²) in [6.45, 7) is 3.44. The molecule has 2 aromatic rings. The standard InChI is InChI=1S/C23H29FN2O4/c24-20-6-2-1-5-19(20)21-14-18(30-26-21)15-23(8-12-28-13-9-23)22(27)25-10-3-4-17-7-11-29-16-17/h1-2,5-6,14,17H,3-4,7-13,15-16H2,(H,25,27). The molecule has 4 rings (SSSR count). The van der Waals surface area contributed by atoms with Gasteiger partial charge in [0.15, 0.2) is 0 Å². The number of hydrogen-bond donors (Lipinski definition) is 1. The van der Waals surface area contributed by atoms with Crippen molar-refractivity contribution < 1.29 is 23.2 Å². The molecule has 0 aliphatic carbocycles. The Kier molecular flexibility index (Phi) is 6.79. The maximum atomic E-state index is 14.1. The van der Waals surface area contributed by atoms with Crippen molar-refractivity contribution in [2.45, 2.75) is 38.5 Å². The van der Waals surface area contributed by atoms with Gasteiger partial charge in [0.1, 0.15) is 17.3 Å².